The summed E-state index contributed by atoms with van der Waals surface area (Å²) < 4.78 is 0. The first-order chi connectivity index (χ1) is 13.5. The summed E-state index contributed by atoms with van der Waals surface area (Å²) in [5, 5.41) is 1.07. The van der Waals surface area contributed by atoms with Gasteiger partial charge >= 0.3 is 0 Å². The van der Waals surface area contributed by atoms with E-state index in [1.807, 2.05) is 4.90 Å². The highest BCUT2D eigenvalue weighted by atomic mass is 32.1. The molecule has 3 aliphatic rings. The van der Waals surface area contributed by atoms with Crippen LogP contribution < -0.4 is 4.90 Å². The van der Waals surface area contributed by atoms with Crippen molar-refractivity contribution in [2.45, 2.75) is 33.1 Å². The Kier molecular flexibility index (Phi) is 5.87. The molecule has 2 amide bonds. The lowest BCUT2D eigenvalue weighted by Crippen LogP contribution is -2.50. The molecule has 8 heteroatoms. The Labute approximate surface area is 171 Å². The monoisotopic (exact) mass is 405 g/mol. The molecular formula is C20H31N5O2S. The number of rotatable bonds is 3. The fourth-order valence-electron chi connectivity index (χ4n) is 4.46. The SMILES string of the molecule is CCN1CCN(C(=O)[C@H]2CCc3nc(N4CCN(C(C)=O)CC4)sc3C2)CC1. The standard InChI is InChI=1S/C20H31N5O2S/c1-3-22-6-8-24(9-7-22)19(27)16-4-5-17-18(14-16)28-20(21-17)25-12-10-23(11-13-25)15(2)26/h16H,3-14H2,1-2H3/t16-/m0/s1. The molecule has 1 aliphatic carbocycles. The summed E-state index contributed by atoms with van der Waals surface area (Å²) in [6, 6.07) is 0. The number of piperazine rings is 2. The van der Waals surface area contributed by atoms with Crippen LogP contribution in [-0.2, 0) is 22.4 Å². The van der Waals surface area contributed by atoms with E-state index in [0.29, 0.717) is 5.91 Å². The van der Waals surface area contributed by atoms with Crippen molar-refractivity contribution in [1.29, 1.82) is 0 Å². The number of hydrogen-bond donors (Lipinski definition) is 0. The van der Waals surface area contributed by atoms with Gasteiger partial charge in [-0.15, -0.1) is 11.3 Å². The van der Waals surface area contributed by atoms with Crippen LogP contribution in [0.25, 0.3) is 0 Å². The predicted octanol–water partition coefficient (Wildman–Crippen LogP) is 1.08. The van der Waals surface area contributed by atoms with Crippen LogP contribution >= 0.6 is 11.3 Å². The molecule has 1 atom stereocenters. The van der Waals surface area contributed by atoms with Gasteiger partial charge in [0.25, 0.3) is 0 Å². The maximum absolute atomic E-state index is 13.0. The highest BCUT2D eigenvalue weighted by Gasteiger charge is 2.32. The van der Waals surface area contributed by atoms with E-state index in [-0.39, 0.29) is 11.8 Å². The number of nitrogens with zero attached hydrogens (tertiary/aromatic N) is 5. The third-order valence-electron chi connectivity index (χ3n) is 6.40. The molecular weight excluding hydrogens is 374 g/mol. The highest BCUT2D eigenvalue weighted by molar-refractivity contribution is 7.15. The van der Waals surface area contributed by atoms with Crippen molar-refractivity contribution in [3.8, 4) is 0 Å². The fraction of sp³-hybridized carbons (Fsp3) is 0.750. The van der Waals surface area contributed by atoms with Crippen molar-refractivity contribution in [2.24, 2.45) is 5.92 Å². The van der Waals surface area contributed by atoms with Crippen LogP contribution in [0.4, 0.5) is 5.13 Å². The first kappa shape index (κ1) is 19.6. The number of carbonyl (C=O) groups excluding carboxylic acids is 2. The number of likely N-dealkylation sites (N-methyl/N-ethyl adjacent to an activating group) is 1. The number of aromatic nitrogens is 1. The van der Waals surface area contributed by atoms with Crippen LogP contribution in [-0.4, -0.2) is 90.4 Å². The predicted molar refractivity (Wildman–Crippen MR) is 111 cm³/mol. The Morgan fingerprint density at radius 2 is 1.71 bits per heavy atom. The van der Waals surface area contributed by atoms with Gasteiger partial charge in [-0.2, -0.15) is 0 Å². The summed E-state index contributed by atoms with van der Waals surface area (Å²) in [6.07, 6.45) is 2.67. The molecule has 7 nitrogen and oxygen atoms in total. The van der Waals surface area contributed by atoms with Gasteiger partial charge in [-0.3, -0.25) is 9.59 Å². The maximum atomic E-state index is 13.0. The van der Waals surface area contributed by atoms with Gasteiger partial charge in [0.05, 0.1) is 5.69 Å². The van der Waals surface area contributed by atoms with E-state index in [1.165, 1.54) is 10.6 Å². The lowest BCUT2D eigenvalue weighted by molar-refractivity contribution is -0.137. The molecule has 0 aromatic carbocycles. The Hall–Kier alpha value is -1.67. The van der Waals surface area contributed by atoms with Gasteiger partial charge in [0.2, 0.25) is 11.8 Å². The van der Waals surface area contributed by atoms with Crippen LogP contribution in [0.3, 0.4) is 0 Å². The Morgan fingerprint density at radius 1 is 1.04 bits per heavy atom. The quantitative estimate of drug-likeness (QED) is 0.753. The lowest BCUT2D eigenvalue weighted by Gasteiger charge is -2.36. The van der Waals surface area contributed by atoms with Crippen molar-refractivity contribution in [1.82, 2.24) is 19.7 Å². The van der Waals surface area contributed by atoms with Crippen LogP contribution in [0.2, 0.25) is 0 Å². The minimum Gasteiger partial charge on any atom is -0.345 e. The third-order valence-corrected chi connectivity index (χ3v) is 7.59. The second-order valence-corrected chi connectivity index (χ2v) is 9.12. The van der Waals surface area contributed by atoms with Gasteiger partial charge in [-0.05, 0) is 25.8 Å². The van der Waals surface area contributed by atoms with E-state index in [0.717, 1.165) is 83.3 Å². The maximum Gasteiger partial charge on any atom is 0.226 e. The second-order valence-electron chi connectivity index (χ2n) is 8.06. The normalized spacial score (nSPS) is 23.6. The van der Waals surface area contributed by atoms with Gasteiger partial charge in [0.1, 0.15) is 0 Å². The van der Waals surface area contributed by atoms with Crippen molar-refractivity contribution in [3.05, 3.63) is 10.6 Å². The minimum absolute atomic E-state index is 0.114. The van der Waals surface area contributed by atoms with Crippen LogP contribution in [0.5, 0.6) is 0 Å². The van der Waals surface area contributed by atoms with E-state index in [4.69, 9.17) is 4.98 Å². The van der Waals surface area contributed by atoms with E-state index < -0.39 is 0 Å². The number of anilines is 1. The zero-order chi connectivity index (χ0) is 19.7. The smallest absolute Gasteiger partial charge is 0.226 e. The summed E-state index contributed by atoms with van der Waals surface area (Å²) in [5.74, 6) is 0.606. The van der Waals surface area contributed by atoms with Crippen LogP contribution in [0.15, 0.2) is 0 Å². The second kappa shape index (κ2) is 8.37. The fourth-order valence-corrected chi connectivity index (χ4v) is 5.70. The molecule has 0 unspecified atom stereocenters. The molecule has 1 aromatic heterocycles. The Morgan fingerprint density at radius 3 is 2.36 bits per heavy atom. The topological polar surface area (TPSA) is 60.0 Å². The number of hydrogen-bond acceptors (Lipinski definition) is 6. The summed E-state index contributed by atoms with van der Waals surface area (Å²) >= 11 is 1.76. The molecule has 1 aromatic rings. The summed E-state index contributed by atoms with van der Waals surface area (Å²) in [7, 11) is 0. The van der Waals surface area contributed by atoms with Gasteiger partial charge < -0.3 is 19.6 Å². The summed E-state index contributed by atoms with van der Waals surface area (Å²) in [6.45, 7) is 11.8. The molecule has 2 aliphatic heterocycles. The third kappa shape index (κ3) is 4.03. The first-order valence-corrected chi connectivity index (χ1v) is 11.4. The van der Waals surface area contributed by atoms with Gasteiger partial charge in [0.15, 0.2) is 5.13 Å². The van der Waals surface area contributed by atoms with Crippen molar-refractivity contribution >= 4 is 28.3 Å². The zero-order valence-electron chi connectivity index (χ0n) is 17.0. The molecule has 3 heterocycles. The average Bonchev–Trinajstić information content (AvgIpc) is 3.16. The number of carbonyl (C=O) groups is 2. The molecule has 0 spiro atoms. The Bertz CT molecular complexity index is 720. The molecule has 4 rings (SSSR count). The zero-order valence-corrected chi connectivity index (χ0v) is 17.8. The molecule has 0 bridgehead atoms. The number of fused-ring (bicyclic) bond motifs is 1. The first-order valence-electron chi connectivity index (χ1n) is 10.5. The van der Waals surface area contributed by atoms with Crippen molar-refractivity contribution < 1.29 is 9.59 Å². The largest absolute Gasteiger partial charge is 0.345 e. The lowest BCUT2D eigenvalue weighted by atomic mass is 9.90. The van der Waals surface area contributed by atoms with Crippen LogP contribution in [0.1, 0.15) is 30.8 Å². The average molecular weight is 406 g/mol. The number of thiazole rings is 1. The summed E-state index contributed by atoms with van der Waals surface area (Å²) in [5.41, 5.74) is 1.19. The molecule has 0 saturated carbocycles. The minimum atomic E-state index is 0.114. The number of aryl methyl sites for hydroxylation is 1. The van der Waals surface area contributed by atoms with Gasteiger partial charge in [-0.25, -0.2) is 4.98 Å². The molecule has 2 saturated heterocycles. The van der Waals surface area contributed by atoms with Crippen molar-refractivity contribution in [2.75, 3.05) is 63.8 Å². The molecule has 154 valence electrons. The molecule has 0 radical (unpaired) electrons. The Balaban J connectivity index is 1.36. The van der Waals surface area contributed by atoms with E-state index in [1.54, 1.807) is 18.3 Å². The molecule has 0 N–H and O–H groups in total. The highest BCUT2D eigenvalue weighted by Crippen LogP contribution is 2.35. The summed E-state index contributed by atoms with van der Waals surface area (Å²) in [4.78, 5) is 39.4. The van der Waals surface area contributed by atoms with Crippen molar-refractivity contribution in [3.63, 3.8) is 0 Å². The van der Waals surface area contributed by atoms with E-state index >= 15 is 0 Å². The van der Waals surface area contributed by atoms with Crippen LogP contribution in [0, 0.1) is 5.92 Å². The van der Waals surface area contributed by atoms with Gasteiger partial charge in [-0.1, -0.05) is 6.92 Å². The van der Waals surface area contributed by atoms with E-state index in [9.17, 15) is 9.59 Å². The molecule has 2 fully saturated rings. The van der Waals surface area contributed by atoms with E-state index in [2.05, 4.69) is 21.6 Å². The molecule has 28 heavy (non-hydrogen) atoms. The van der Waals surface area contributed by atoms with Gasteiger partial charge in [0, 0.05) is 70.1 Å². The number of amides is 2.